The molecule has 0 fully saturated rings. The lowest BCUT2D eigenvalue weighted by molar-refractivity contribution is -0.141. The van der Waals surface area contributed by atoms with Crippen LogP contribution in [0.15, 0.2) is 24.3 Å². The third-order valence-corrected chi connectivity index (χ3v) is 2.46. The predicted molar refractivity (Wildman–Crippen MR) is 65.7 cm³/mol. The molecule has 0 aliphatic carbocycles. The number of rotatable bonds is 5. The predicted octanol–water partition coefficient (Wildman–Crippen LogP) is 2.14. The summed E-state index contributed by atoms with van der Waals surface area (Å²) >= 11 is 0. The van der Waals surface area contributed by atoms with Crippen LogP contribution < -0.4 is 5.32 Å². The summed E-state index contributed by atoms with van der Waals surface area (Å²) in [5.41, 5.74) is 1.89. The molecule has 1 rings (SSSR count). The van der Waals surface area contributed by atoms with Crippen LogP contribution in [0.3, 0.4) is 0 Å². The topological polar surface area (TPSA) is 55.4 Å². The summed E-state index contributed by atoms with van der Waals surface area (Å²) in [5, 5.41) is 2.79. The number of esters is 1. The third-order valence-electron chi connectivity index (χ3n) is 2.46. The van der Waals surface area contributed by atoms with Gasteiger partial charge in [-0.05, 0) is 18.1 Å². The molecular weight excluding hydrogens is 218 g/mol. The fourth-order valence-corrected chi connectivity index (χ4v) is 1.48. The molecule has 0 atom stereocenters. The fraction of sp³-hybridized carbons (Fsp3) is 0.385. The van der Waals surface area contributed by atoms with Crippen molar-refractivity contribution in [1.82, 2.24) is 0 Å². The van der Waals surface area contributed by atoms with Crippen molar-refractivity contribution in [1.29, 1.82) is 0 Å². The minimum Gasteiger partial charge on any atom is -0.469 e. The molecule has 92 valence electrons. The Morgan fingerprint density at radius 3 is 2.59 bits per heavy atom. The Bertz CT molecular complexity index is 401. The lowest BCUT2D eigenvalue weighted by atomic mass is 10.1. The maximum Gasteiger partial charge on any atom is 0.306 e. The first kappa shape index (κ1) is 13.2. The Labute approximate surface area is 101 Å². The van der Waals surface area contributed by atoms with Crippen molar-refractivity contribution in [2.24, 2.45) is 0 Å². The number of methoxy groups -OCH3 is 1. The highest BCUT2D eigenvalue weighted by Gasteiger charge is 2.08. The van der Waals surface area contributed by atoms with Crippen LogP contribution >= 0.6 is 0 Å². The van der Waals surface area contributed by atoms with Gasteiger partial charge in [-0.25, -0.2) is 0 Å². The Balaban J connectivity index is 2.53. The summed E-state index contributed by atoms with van der Waals surface area (Å²) in [4.78, 5) is 22.5. The first-order valence-electron chi connectivity index (χ1n) is 5.62. The Kier molecular flexibility index (Phi) is 5.20. The minimum atomic E-state index is -0.371. The molecule has 0 aliphatic rings. The molecule has 0 unspecified atom stereocenters. The number of nitrogens with one attached hydrogen (secondary N) is 1. The molecule has 0 saturated heterocycles. The highest BCUT2D eigenvalue weighted by atomic mass is 16.5. The molecule has 0 aliphatic heterocycles. The zero-order valence-electron chi connectivity index (χ0n) is 10.2. The molecule has 4 nitrogen and oxygen atoms in total. The second-order valence-electron chi connectivity index (χ2n) is 3.64. The molecule has 0 aromatic heterocycles. The summed E-state index contributed by atoms with van der Waals surface area (Å²) in [7, 11) is 1.31. The van der Waals surface area contributed by atoms with E-state index in [0.717, 1.165) is 17.7 Å². The average Bonchev–Trinajstić information content (AvgIpc) is 2.36. The summed E-state index contributed by atoms with van der Waals surface area (Å²) in [5.74, 6) is -0.541. The lowest BCUT2D eigenvalue weighted by Crippen LogP contribution is -2.14. The maximum absolute atomic E-state index is 11.6. The van der Waals surface area contributed by atoms with Crippen LogP contribution in [0.25, 0.3) is 0 Å². The fourth-order valence-electron chi connectivity index (χ4n) is 1.48. The molecule has 1 aromatic rings. The monoisotopic (exact) mass is 235 g/mol. The van der Waals surface area contributed by atoms with Gasteiger partial charge in [0, 0.05) is 12.1 Å². The van der Waals surface area contributed by atoms with Gasteiger partial charge in [-0.1, -0.05) is 25.1 Å². The third kappa shape index (κ3) is 4.26. The van der Waals surface area contributed by atoms with Crippen LogP contribution in [0, 0.1) is 0 Å². The minimum absolute atomic E-state index is 0.108. The van der Waals surface area contributed by atoms with Crippen LogP contribution in [-0.4, -0.2) is 19.0 Å². The van der Waals surface area contributed by atoms with Crippen molar-refractivity contribution >= 4 is 17.6 Å². The van der Waals surface area contributed by atoms with Gasteiger partial charge in [0.05, 0.1) is 13.5 Å². The van der Waals surface area contributed by atoms with E-state index in [4.69, 9.17) is 0 Å². The number of hydrogen-bond donors (Lipinski definition) is 1. The first-order valence-corrected chi connectivity index (χ1v) is 5.62. The zero-order chi connectivity index (χ0) is 12.7. The Morgan fingerprint density at radius 2 is 1.94 bits per heavy atom. The van der Waals surface area contributed by atoms with Gasteiger partial charge >= 0.3 is 5.97 Å². The number of para-hydroxylation sites is 1. The number of aryl methyl sites for hydroxylation is 1. The van der Waals surface area contributed by atoms with E-state index in [-0.39, 0.29) is 24.7 Å². The molecule has 1 aromatic carbocycles. The second-order valence-corrected chi connectivity index (χ2v) is 3.64. The van der Waals surface area contributed by atoms with E-state index in [0.29, 0.717) is 0 Å². The van der Waals surface area contributed by atoms with Gasteiger partial charge in [-0.15, -0.1) is 0 Å². The highest BCUT2D eigenvalue weighted by Crippen LogP contribution is 2.15. The van der Waals surface area contributed by atoms with Crippen molar-refractivity contribution in [3.8, 4) is 0 Å². The SMILES string of the molecule is CCc1ccccc1NC(=O)CCC(=O)OC. The first-order chi connectivity index (χ1) is 8.17. The van der Waals surface area contributed by atoms with Crippen molar-refractivity contribution in [3.05, 3.63) is 29.8 Å². The second kappa shape index (κ2) is 6.68. The number of carbonyl (C=O) groups is 2. The Hall–Kier alpha value is -1.84. The smallest absolute Gasteiger partial charge is 0.306 e. The quantitative estimate of drug-likeness (QED) is 0.795. The van der Waals surface area contributed by atoms with Gasteiger partial charge < -0.3 is 10.1 Å². The van der Waals surface area contributed by atoms with Gasteiger partial charge in [0.2, 0.25) is 5.91 Å². The van der Waals surface area contributed by atoms with Crippen molar-refractivity contribution in [2.45, 2.75) is 26.2 Å². The van der Waals surface area contributed by atoms with Crippen LogP contribution in [0.4, 0.5) is 5.69 Å². The van der Waals surface area contributed by atoms with Crippen molar-refractivity contribution < 1.29 is 14.3 Å². The number of carbonyl (C=O) groups excluding carboxylic acids is 2. The number of amides is 1. The molecule has 0 heterocycles. The summed E-state index contributed by atoms with van der Waals surface area (Å²) < 4.78 is 4.48. The van der Waals surface area contributed by atoms with Crippen LogP contribution in [0.1, 0.15) is 25.3 Å². The summed E-state index contributed by atoms with van der Waals surface area (Å²) in [6.45, 7) is 2.03. The van der Waals surface area contributed by atoms with E-state index in [1.54, 1.807) is 0 Å². The van der Waals surface area contributed by atoms with Crippen LogP contribution in [0.5, 0.6) is 0 Å². The number of benzene rings is 1. The van der Waals surface area contributed by atoms with Crippen LogP contribution in [-0.2, 0) is 20.7 Å². The molecule has 1 amide bonds. The molecular formula is C13H17NO3. The molecule has 4 heteroatoms. The molecule has 0 bridgehead atoms. The normalized spacial score (nSPS) is 9.76. The van der Waals surface area contributed by atoms with E-state index in [9.17, 15) is 9.59 Å². The summed E-state index contributed by atoms with van der Waals surface area (Å²) in [6, 6.07) is 7.63. The van der Waals surface area contributed by atoms with E-state index in [2.05, 4.69) is 10.1 Å². The van der Waals surface area contributed by atoms with E-state index in [1.807, 2.05) is 31.2 Å². The van der Waals surface area contributed by atoms with Gasteiger partial charge in [-0.2, -0.15) is 0 Å². The lowest BCUT2D eigenvalue weighted by Gasteiger charge is -2.09. The van der Waals surface area contributed by atoms with Gasteiger partial charge in [0.15, 0.2) is 0 Å². The van der Waals surface area contributed by atoms with Crippen molar-refractivity contribution in [2.75, 3.05) is 12.4 Å². The largest absolute Gasteiger partial charge is 0.469 e. The van der Waals surface area contributed by atoms with E-state index < -0.39 is 0 Å². The standard InChI is InChI=1S/C13H17NO3/c1-3-10-6-4-5-7-11(10)14-12(15)8-9-13(16)17-2/h4-7H,3,8-9H2,1-2H3,(H,14,15). The molecule has 17 heavy (non-hydrogen) atoms. The average molecular weight is 235 g/mol. The van der Waals surface area contributed by atoms with Crippen molar-refractivity contribution in [3.63, 3.8) is 0 Å². The summed E-state index contributed by atoms with van der Waals surface area (Å²) in [6.07, 6.45) is 1.11. The number of ether oxygens (including phenoxy) is 1. The van der Waals surface area contributed by atoms with Gasteiger partial charge in [0.25, 0.3) is 0 Å². The molecule has 0 radical (unpaired) electrons. The molecule has 0 saturated carbocycles. The number of hydrogen-bond acceptors (Lipinski definition) is 3. The van der Waals surface area contributed by atoms with Gasteiger partial charge in [-0.3, -0.25) is 9.59 Å². The highest BCUT2D eigenvalue weighted by molar-refractivity contribution is 5.93. The van der Waals surface area contributed by atoms with E-state index >= 15 is 0 Å². The Morgan fingerprint density at radius 1 is 1.24 bits per heavy atom. The number of anilines is 1. The maximum atomic E-state index is 11.6. The van der Waals surface area contributed by atoms with Crippen LogP contribution in [0.2, 0.25) is 0 Å². The van der Waals surface area contributed by atoms with E-state index in [1.165, 1.54) is 7.11 Å². The van der Waals surface area contributed by atoms with Gasteiger partial charge in [0.1, 0.15) is 0 Å². The molecule has 1 N–H and O–H groups in total. The molecule has 0 spiro atoms. The zero-order valence-corrected chi connectivity index (χ0v) is 10.2.